The van der Waals surface area contributed by atoms with E-state index in [1.807, 2.05) is 18.5 Å². The third-order valence-corrected chi connectivity index (χ3v) is 4.86. The molecule has 2 atom stereocenters. The molecule has 0 spiro atoms. The molecule has 0 unspecified atom stereocenters. The number of hydrogen-bond donors (Lipinski definition) is 1. The average Bonchev–Trinajstić information content (AvgIpc) is 2.70. The number of thioether (sulfide) groups is 1. The molecule has 1 aliphatic carbocycles. The highest BCUT2D eigenvalue weighted by Gasteiger charge is 2.22. The number of carbonyl (C=O) groups is 1. The normalized spacial score (nSPS) is 23.3. The number of amides is 1. The molecule has 1 fully saturated rings. The van der Waals surface area contributed by atoms with E-state index in [2.05, 4.69) is 22.4 Å². The molecule has 0 aromatic carbocycles. The fourth-order valence-electron chi connectivity index (χ4n) is 2.42. The zero-order valence-electron chi connectivity index (χ0n) is 11.8. The van der Waals surface area contributed by atoms with Crippen LogP contribution in [0.2, 0.25) is 0 Å². The van der Waals surface area contributed by atoms with Gasteiger partial charge in [0.05, 0.1) is 5.75 Å². The van der Waals surface area contributed by atoms with Gasteiger partial charge < -0.3 is 9.88 Å². The van der Waals surface area contributed by atoms with Gasteiger partial charge in [0.25, 0.3) is 0 Å². The largest absolute Gasteiger partial charge is 0.352 e. The zero-order chi connectivity index (χ0) is 13.8. The fourth-order valence-corrected chi connectivity index (χ4v) is 3.19. The van der Waals surface area contributed by atoms with Crippen LogP contribution in [0.5, 0.6) is 0 Å². The van der Waals surface area contributed by atoms with Crippen molar-refractivity contribution in [2.24, 2.45) is 13.0 Å². The van der Waals surface area contributed by atoms with Gasteiger partial charge in [0.1, 0.15) is 5.82 Å². The minimum atomic E-state index is 0.101. The molecule has 1 aromatic rings. The Bertz CT molecular complexity index is 446. The summed E-state index contributed by atoms with van der Waals surface area (Å²) < 4.78 is 1.90. The zero-order valence-corrected chi connectivity index (χ0v) is 12.7. The first-order valence-electron chi connectivity index (χ1n) is 6.86. The maximum Gasteiger partial charge on any atom is 0.230 e. The lowest BCUT2D eigenvalue weighted by molar-refractivity contribution is -0.119. The first-order valence-corrected chi connectivity index (χ1v) is 7.84. The van der Waals surface area contributed by atoms with Crippen LogP contribution in [0.25, 0.3) is 0 Å². The second kappa shape index (κ2) is 6.41. The maximum atomic E-state index is 12.0. The summed E-state index contributed by atoms with van der Waals surface area (Å²) in [7, 11) is 1.92. The molecule has 106 valence electrons. The van der Waals surface area contributed by atoms with Crippen molar-refractivity contribution >= 4 is 17.7 Å². The molecule has 1 saturated carbocycles. The molecule has 19 heavy (non-hydrogen) atoms. The maximum absolute atomic E-state index is 12.0. The molecule has 1 aliphatic rings. The van der Waals surface area contributed by atoms with Crippen LogP contribution < -0.4 is 5.32 Å². The summed E-state index contributed by atoms with van der Waals surface area (Å²) in [5.74, 6) is 1.97. The SMILES string of the molecule is Cc1nnc(SCC(=O)N[C@H]2CCCC[C@H]2C)n1C. The van der Waals surface area contributed by atoms with E-state index in [0.717, 1.165) is 17.4 Å². The Morgan fingerprint density at radius 1 is 1.42 bits per heavy atom. The van der Waals surface area contributed by atoms with Gasteiger partial charge in [-0.25, -0.2) is 0 Å². The molecule has 0 aliphatic heterocycles. The van der Waals surface area contributed by atoms with Gasteiger partial charge in [-0.05, 0) is 25.7 Å². The predicted molar refractivity (Wildman–Crippen MR) is 76.0 cm³/mol. The highest BCUT2D eigenvalue weighted by molar-refractivity contribution is 7.99. The quantitative estimate of drug-likeness (QED) is 0.857. The van der Waals surface area contributed by atoms with E-state index in [1.54, 1.807) is 0 Å². The topological polar surface area (TPSA) is 59.8 Å². The number of rotatable bonds is 4. The summed E-state index contributed by atoms with van der Waals surface area (Å²) in [5, 5.41) is 12.0. The van der Waals surface area contributed by atoms with Crippen LogP contribution in [-0.2, 0) is 11.8 Å². The number of nitrogens with one attached hydrogen (secondary N) is 1. The van der Waals surface area contributed by atoms with Crippen molar-refractivity contribution < 1.29 is 4.79 Å². The van der Waals surface area contributed by atoms with E-state index in [-0.39, 0.29) is 5.91 Å². The number of nitrogens with zero attached hydrogens (tertiary/aromatic N) is 3. The number of hydrogen-bond acceptors (Lipinski definition) is 4. The highest BCUT2D eigenvalue weighted by atomic mass is 32.2. The predicted octanol–water partition coefficient (Wildman–Crippen LogP) is 1.91. The third-order valence-electron chi connectivity index (χ3n) is 3.84. The van der Waals surface area contributed by atoms with Gasteiger partial charge in [-0.2, -0.15) is 0 Å². The van der Waals surface area contributed by atoms with E-state index in [0.29, 0.717) is 17.7 Å². The van der Waals surface area contributed by atoms with E-state index in [4.69, 9.17) is 0 Å². The Labute approximate surface area is 118 Å². The first kappa shape index (κ1) is 14.4. The Hall–Kier alpha value is -1.04. The van der Waals surface area contributed by atoms with Gasteiger partial charge in [-0.15, -0.1) is 10.2 Å². The summed E-state index contributed by atoms with van der Waals surface area (Å²) in [6, 6.07) is 0.350. The summed E-state index contributed by atoms with van der Waals surface area (Å²) in [6.07, 6.45) is 4.85. The van der Waals surface area contributed by atoms with Crippen LogP contribution in [0.15, 0.2) is 5.16 Å². The van der Waals surface area contributed by atoms with Crippen LogP contribution in [0.4, 0.5) is 0 Å². The van der Waals surface area contributed by atoms with Crippen molar-refractivity contribution in [3.05, 3.63) is 5.82 Å². The Balaban J connectivity index is 1.80. The lowest BCUT2D eigenvalue weighted by Crippen LogP contribution is -2.41. The van der Waals surface area contributed by atoms with Crippen molar-refractivity contribution in [1.29, 1.82) is 0 Å². The highest BCUT2D eigenvalue weighted by Crippen LogP contribution is 2.24. The van der Waals surface area contributed by atoms with Gasteiger partial charge in [0.2, 0.25) is 5.91 Å². The first-order chi connectivity index (χ1) is 9.08. The second-order valence-corrected chi connectivity index (χ2v) is 6.26. The molecular formula is C13H22N4OS. The van der Waals surface area contributed by atoms with Gasteiger partial charge in [-0.1, -0.05) is 31.5 Å². The smallest absolute Gasteiger partial charge is 0.230 e. The van der Waals surface area contributed by atoms with Gasteiger partial charge >= 0.3 is 0 Å². The molecular weight excluding hydrogens is 260 g/mol. The minimum absolute atomic E-state index is 0.101. The van der Waals surface area contributed by atoms with E-state index in [9.17, 15) is 4.79 Å². The molecule has 5 nitrogen and oxygen atoms in total. The van der Waals surface area contributed by atoms with E-state index in [1.165, 1.54) is 31.0 Å². The van der Waals surface area contributed by atoms with E-state index < -0.39 is 0 Å². The summed E-state index contributed by atoms with van der Waals surface area (Å²) >= 11 is 1.44. The second-order valence-electron chi connectivity index (χ2n) is 5.31. The monoisotopic (exact) mass is 282 g/mol. The van der Waals surface area contributed by atoms with Gasteiger partial charge in [0.15, 0.2) is 5.16 Å². The van der Waals surface area contributed by atoms with Crippen molar-refractivity contribution in [1.82, 2.24) is 20.1 Å². The van der Waals surface area contributed by atoms with Crippen molar-refractivity contribution in [2.75, 3.05) is 5.75 Å². The Morgan fingerprint density at radius 3 is 2.79 bits per heavy atom. The molecule has 1 amide bonds. The summed E-state index contributed by atoms with van der Waals surface area (Å²) in [6.45, 7) is 4.13. The average molecular weight is 282 g/mol. The van der Waals surface area contributed by atoms with Crippen LogP contribution in [0.1, 0.15) is 38.4 Å². The van der Waals surface area contributed by atoms with E-state index >= 15 is 0 Å². The molecule has 1 heterocycles. The van der Waals surface area contributed by atoms with Crippen LogP contribution >= 0.6 is 11.8 Å². The Morgan fingerprint density at radius 2 is 2.16 bits per heavy atom. The molecule has 2 rings (SSSR count). The summed E-state index contributed by atoms with van der Waals surface area (Å²) in [5.41, 5.74) is 0. The molecule has 0 bridgehead atoms. The lowest BCUT2D eigenvalue weighted by atomic mass is 9.86. The molecule has 0 saturated heterocycles. The molecule has 1 N–H and O–H groups in total. The summed E-state index contributed by atoms with van der Waals surface area (Å²) in [4.78, 5) is 12.0. The van der Waals surface area contributed by atoms with Crippen molar-refractivity contribution in [3.63, 3.8) is 0 Å². The van der Waals surface area contributed by atoms with Gasteiger partial charge in [0, 0.05) is 13.1 Å². The molecule has 1 aromatic heterocycles. The van der Waals surface area contributed by atoms with Crippen molar-refractivity contribution in [3.8, 4) is 0 Å². The number of aryl methyl sites for hydroxylation is 1. The lowest BCUT2D eigenvalue weighted by Gasteiger charge is -2.29. The molecule has 6 heteroatoms. The fraction of sp³-hybridized carbons (Fsp3) is 0.769. The van der Waals surface area contributed by atoms with Gasteiger partial charge in [-0.3, -0.25) is 4.79 Å². The standard InChI is InChI=1S/C13H22N4OS/c1-9-6-4-5-7-11(9)14-12(18)8-19-13-16-15-10(2)17(13)3/h9,11H,4-8H2,1-3H3,(H,14,18)/t9-,11+/m1/s1. The number of aromatic nitrogens is 3. The molecule has 0 radical (unpaired) electrons. The van der Waals surface area contributed by atoms with Crippen LogP contribution in [0, 0.1) is 12.8 Å². The van der Waals surface area contributed by atoms with Crippen molar-refractivity contribution in [2.45, 2.75) is 50.7 Å². The minimum Gasteiger partial charge on any atom is -0.352 e. The van der Waals surface area contributed by atoms with Crippen LogP contribution in [0.3, 0.4) is 0 Å². The Kier molecular flexibility index (Phi) is 4.85. The third kappa shape index (κ3) is 3.72. The number of carbonyl (C=O) groups excluding carboxylic acids is 1. The van der Waals surface area contributed by atoms with Crippen LogP contribution in [-0.4, -0.2) is 32.5 Å².